The Balaban J connectivity index is 4.65. The zero-order chi connectivity index (χ0) is 14.5. The normalized spacial score (nSPS) is 14.6. The van der Waals surface area contributed by atoms with E-state index in [9.17, 15) is 22.8 Å². The Kier molecular flexibility index (Phi) is 5.76. The molecule has 2 amide bonds. The highest BCUT2D eigenvalue weighted by Gasteiger charge is 2.28. The zero-order valence-corrected chi connectivity index (χ0v) is 10.9. The highest BCUT2D eigenvalue weighted by molar-refractivity contribution is 7.92. The molecule has 0 fully saturated rings. The maximum absolute atomic E-state index is 11.5. The van der Waals surface area contributed by atoms with Gasteiger partial charge in [0.05, 0.1) is 0 Å². The number of nitrogens with one attached hydrogen (secondary N) is 1. The fraction of sp³-hybridized carbons (Fsp3) is 0.667. The van der Waals surface area contributed by atoms with Crippen molar-refractivity contribution in [2.45, 2.75) is 31.1 Å². The fourth-order valence-electron chi connectivity index (χ4n) is 1.03. The van der Waals surface area contributed by atoms with Crippen molar-refractivity contribution in [3.63, 3.8) is 0 Å². The molecule has 0 aliphatic rings. The Hall–Kier alpha value is -1.64. The van der Waals surface area contributed by atoms with Gasteiger partial charge in [-0.3, -0.25) is 9.59 Å². The molecule has 0 rings (SSSR count). The third kappa shape index (κ3) is 5.62. The SMILES string of the molecule is CC(C(=O)NC(CCC(N)=O)C(=O)O)S(C)(=O)=O. The van der Waals surface area contributed by atoms with Gasteiger partial charge < -0.3 is 16.2 Å². The van der Waals surface area contributed by atoms with E-state index in [1.54, 1.807) is 0 Å². The van der Waals surface area contributed by atoms with Gasteiger partial charge in [-0.1, -0.05) is 0 Å². The number of aliphatic carboxylic acids is 1. The molecule has 0 aromatic heterocycles. The number of hydrogen-bond acceptors (Lipinski definition) is 5. The maximum Gasteiger partial charge on any atom is 0.326 e. The van der Waals surface area contributed by atoms with Gasteiger partial charge in [0.2, 0.25) is 11.8 Å². The van der Waals surface area contributed by atoms with Gasteiger partial charge in [0.1, 0.15) is 11.3 Å². The van der Waals surface area contributed by atoms with Crippen LogP contribution in [0.15, 0.2) is 0 Å². The summed E-state index contributed by atoms with van der Waals surface area (Å²) in [6.07, 6.45) is 0.466. The number of carbonyl (C=O) groups excluding carboxylic acids is 2. The van der Waals surface area contributed by atoms with Crippen LogP contribution < -0.4 is 11.1 Å². The summed E-state index contributed by atoms with van der Waals surface area (Å²) in [7, 11) is -3.60. The summed E-state index contributed by atoms with van der Waals surface area (Å²) >= 11 is 0. The molecule has 2 unspecified atom stereocenters. The molecule has 8 nitrogen and oxygen atoms in total. The minimum atomic E-state index is -3.60. The number of primary amides is 1. The Bertz CT molecular complexity index is 444. The van der Waals surface area contributed by atoms with Crippen molar-refractivity contribution in [3.8, 4) is 0 Å². The standard InChI is InChI=1S/C9H16N2O6S/c1-5(18(2,16)17)8(13)11-6(9(14)15)3-4-7(10)12/h5-6H,3-4H2,1-2H3,(H2,10,12)(H,11,13)(H,14,15). The minimum Gasteiger partial charge on any atom is -0.480 e. The summed E-state index contributed by atoms with van der Waals surface area (Å²) in [5, 5.41) is 9.50. The van der Waals surface area contributed by atoms with Crippen molar-refractivity contribution < 1.29 is 27.9 Å². The highest BCUT2D eigenvalue weighted by atomic mass is 32.2. The number of hydrogen-bond donors (Lipinski definition) is 3. The second-order valence-electron chi connectivity index (χ2n) is 3.88. The van der Waals surface area contributed by atoms with Crippen LogP contribution in [0.1, 0.15) is 19.8 Å². The topological polar surface area (TPSA) is 144 Å². The van der Waals surface area contributed by atoms with Crippen molar-refractivity contribution >= 4 is 27.6 Å². The molecule has 0 aromatic rings. The number of carboxylic acids is 1. The third-order valence-electron chi connectivity index (χ3n) is 2.31. The molecule has 2 atom stereocenters. The molecule has 0 radical (unpaired) electrons. The van der Waals surface area contributed by atoms with Gasteiger partial charge in [-0.15, -0.1) is 0 Å². The van der Waals surface area contributed by atoms with Crippen LogP contribution in [0.2, 0.25) is 0 Å². The molecule has 0 heterocycles. The van der Waals surface area contributed by atoms with Gasteiger partial charge in [-0.05, 0) is 13.3 Å². The van der Waals surface area contributed by atoms with E-state index < -0.39 is 38.9 Å². The van der Waals surface area contributed by atoms with E-state index >= 15 is 0 Å². The predicted octanol–water partition coefficient (Wildman–Crippen LogP) is -1.75. The van der Waals surface area contributed by atoms with Crippen LogP contribution in [0.4, 0.5) is 0 Å². The van der Waals surface area contributed by atoms with Crippen molar-refractivity contribution in [1.82, 2.24) is 5.32 Å². The summed E-state index contributed by atoms with van der Waals surface area (Å²) in [5.41, 5.74) is 4.86. The molecule has 104 valence electrons. The van der Waals surface area contributed by atoms with Crippen molar-refractivity contribution in [2.75, 3.05) is 6.26 Å². The summed E-state index contributed by atoms with van der Waals surface area (Å²) in [4.78, 5) is 32.8. The van der Waals surface area contributed by atoms with E-state index in [-0.39, 0.29) is 12.8 Å². The third-order valence-corrected chi connectivity index (χ3v) is 3.80. The van der Waals surface area contributed by atoms with E-state index in [0.717, 1.165) is 13.2 Å². The smallest absolute Gasteiger partial charge is 0.326 e. The lowest BCUT2D eigenvalue weighted by atomic mass is 10.1. The van der Waals surface area contributed by atoms with Crippen molar-refractivity contribution in [3.05, 3.63) is 0 Å². The van der Waals surface area contributed by atoms with Crippen LogP contribution in [0.5, 0.6) is 0 Å². The highest BCUT2D eigenvalue weighted by Crippen LogP contribution is 2.02. The average Bonchev–Trinajstić information content (AvgIpc) is 2.20. The van der Waals surface area contributed by atoms with Gasteiger partial charge >= 0.3 is 5.97 Å². The molecule has 0 saturated heterocycles. The van der Waals surface area contributed by atoms with Gasteiger partial charge in [-0.25, -0.2) is 13.2 Å². The summed E-state index contributed by atoms with van der Waals surface area (Å²) in [5.74, 6) is -2.98. The lowest BCUT2D eigenvalue weighted by molar-refractivity contribution is -0.142. The van der Waals surface area contributed by atoms with Gasteiger partial charge in [-0.2, -0.15) is 0 Å². The number of amides is 2. The molecular formula is C9H16N2O6S. The van der Waals surface area contributed by atoms with Crippen LogP contribution in [0.3, 0.4) is 0 Å². The summed E-state index contributed by atoms with van der Waals surface area (Å²) in [6, 6.07) is -1.34. The number of sulfone groups is 1. The minimum absolute atomic E-state index is 0.188. The molecule has 0 spiro atoms. The van der Waals surface area contributed by atoms with Crippen LogP contribution in [0, 0.1) is 0 Å². The first-order chi connectivity index (χ1) is 8.05. The average molecular weight is 280 g/mol. The van der Waals surface area contributed by atoms with E-state index in [4.69, 9.17) is 10.8 Å². The lowest BCUT2D eigenvalue weighted by Gasteiger charge is -2.16. The predicted molar refractivity (Wildman–Crippen MR) is 62.3 cm³/mol. The molecular weight excluding hydrogens is 264 g/mol. The molecule has 0 aromatic carbocycles. The van der Waals surface area contributed by atoms with Crippen molar-refractivity contribution in [2.24, 2.45) is 5.73 Å². The first-order valence-electron chi connectivity index (χ1n) is 5.06. The van der Waals surface area contributed by atoms with Crippen LogP contribution in [-0.4, -0.2) is 48.9 Å². The first-order valence-corrected chi connectivity index (χ1v) is 7.01. The van der Waals surface area contributed by atoms with E-state index in [0.29, 0.717) is 0 Å². The molecule has 18 heavy (non-hydrogen) atoms. The van der Waals surface area contributed by atoms with Gasteiger partial charge in [0, 0.05) is 12.7 Å². The van der Waals surface area contributed by atoms with Gasteiger partial charge in [0.15, 0.2) is 9.84 Å². The molecule has 4 N–H and O–H groups in total. The summed E-state index contributed by atoms with van der Waals surface area (Å²) < 4.78 is 22.2. The van der Waals surface area contributed by atoms with E-state index in [1.807, 2.05) is 0 Å². The second-order valence-corrected chi connectivity index (χ2v) is 6.24. The monoisotopic (exact) mass is 280 g/mol. The molecule has 0 saturated carbocycles. The zero-order valence-electron chi connectivity index (χ0n) is 10.0. The van der Waals surface area contributed by atoms with Crippen LogP contribution in [-0.2, 0) is 24.2 Å². The number of rotatable bonds is 7. The van der Waals surface area contributed by atoms with Crippen LogP contribution in [0.25, 0.3) is 0 Å². The number of carboxylic acid groups (broad SMARTS) is 1. The number of carbonyl (C=O) groups is 3. The second kappa shape index (κ2) is 6.34. The lowest BCUT2D eigenvalue weighted by Crippen LogP contribution is -2.47. The molecule has 0 aliphatic heterocycles. The first kappa shape index (κ1) is 16.4. The molecule has 0 aliphatic carbocycles. The largest absolute Gasteiger partial charge is 0.480 e. The Labute approximate surface area is 104 Å². The van der Waals surface area contributed by atoms with E-state index in [1.165, 1.54) is 0 Å². The molecule has 9 heteroatoms. The summed E-state index contributed by atoms with van der Waals surface area (Å²) in [6.45, 7) is 1.15. The molecule has 0 bridgehead atoms. The Morgan fingerprint density at radius 1 is 1.33 bits per heavy atom. The van der Waals surface area contributed by atoms with Crippen molar-refractivity contribution in [1.29, 1.82) is 0 Å². The fourth-order valence-corrected chi connectivity index (χ4v) is 1.48. The number of nitrogens with two attached hydrogens (primary N) is 1. The quantitative estimate of drug-likeness (QED) is 0.504. The maximum atomic E-state index is 11.5. The Morgan fingerprint density at radius 3 is 2.17 bits per heavy atom. The van der Waals surface area contributed by atoms with E-state index in [2.05, 4.69) is 5.32 Å². The van der Waals surface area contributed by atoms with Crippen LogP contribution >= 0.6 is 0 Å². The Morgan fingerprint density at radius 2 is 1.83 bits per heavy atom. The van der Waals surface area contributed by atoms with Gasteiger partial charge in [0.25, 0.3) is 0 Å².